The summed E-state index contributed by atoms with van der Waals surface area (Å²) in [4.78, 5) is 18.8. The lowest BCUT2D eigenvalue weighted by atomic mass is 10.1. The molecule has 1 saturated heterocycles. The summed E-state index contributed by atoms with van der Waals surface area (Å²) in [6, 6.07) is 16.0. The number of aromatic nitrogens is 1. The summed E-state index contributed by atoms with van der Waals surface area (Å²) in [6.45, 7) is 3.27. The van der Waals surface area contributed by atoms with Crippen LogP contribution in [0.5, 0.6) is 10.9 Å². The van der Waals surface area contributed by atoms with Crippen LogP contribution in [0, 0.1) is 0 Å². The highest BCUT2D eigenvalue weighted by Gasteiger charge is 2.13. The van der Waals surface area contributed by atoms with Crippen molar-refractivity contribution in [2.24, 2.45) is 0 Å². The minimum absolute atomic E-state index is 0.123. The Labute approximate surface area is 169 Å². The Hall–Kier alpha value is -2.44. The van der Waals surface area contributed by atoms with E-state index in [0.717, 1.165) is 35.5 Å². The molecular formula is C22H25N3O2S. The second-order valence-corrected chi connectivity index (χ2v) is 8.12. The van der Waals surface area contributed by atoms with Crippen molar-refractivity contribution in [3.05, 3.63) is 54.1 Å². The highest BCUT2D eigenvalue weighted by molar-refractivity contribution is 7.20. The number of carbonyl (C=O) groups is 1. The van der Waals surface area contributed by atoms with Crippen molar-refractivity contribution >= 4 is 27.5 Å². The molecule has 1 N–H and O–H groups in total. The van der Waals surface area contributed by atoms with Crippen molar-refractivity contribution in [1.82, 2.24) is 15.2 Å². The molecule has 1 aliphatic heterocycles. The molecule has 1 amide bonds. The number of hydrogen-bond donors (Lipinski definition) is 1. The first-order chi connectivity index (χ1) is 13.8. The van der Waals surface area contributed by atoms with Gasteiger partial charge in [0.1, 0.15) is 5.75 Å². The van der Waals surface area contributed by atoms with Gasteiger partial charge in [-0.15, -0.1) is 0 Å². The maximum Gasteiger partial charge on any atom is 0.279 e. The number of nitrogens with zero attached hydrogens (tertiary/aromatic N) is 2. The molecule has 2 heterocycles. The first kappa shape index (κ1) is 18.9. The molecule has 1 aromatic heterocycles. The molecule has 1 fully saturated rings. The van der Waals surface area contributed by atoms with E-state index >= 15 is 0 Å². The SMILES string of the molecule is O=C(CN1CCCCC1)NCCc1ccc(Oc2nc3ccccc3s2)cc1. The predicted molar refractivity (Wildman–Crippen MR) is 113 cm³/mol. The number of carbonyl (C=O) groups excluding carboxylic acids is 1. The number of amides is 1. The fourth-order valence-corrected chi connectivity index (χ4v) is 4.28. The Kier molecular flexibility index (Phi) is 6.19. The van der Waals surface area contributed by atoms with Gasteiger partial charge in [-0.2, -0.15) is 0 Å². The number of benzene rings is 2. The topological polar surface area (TPSA) is 54.5 Å². The van der Waals surface area contributed by atoms with Crippen LogP contribution < -0.4 is 10.1 Å². The zero-order valence-electron chi connectivity index (χ0n) is 15.9. The third-order valence-corrected chi connectivity index (χ3v) is 5.87. The molecule has 5 nitrogen and oxygen atoms in total. The molecule has 0 radical (unpaired) electrons. The lowest BCUT2D eigenvalue weighted by Gasteiger charge is -2.25. The van der Waals surface area contributed by atoms with Gasteiger partial charge in [-0.3, -0.25) is 9.69 Å². The zero-order valence-corrected chi connectivity index (χ0v) is 16.7. The van der Waals surface area contributed by atoms with E-state index in [-0.39, 0.29) is 5.91 Å². The van der Waals surface area contributed by atoms with Crippen molar-refractivity contribution in [3.8, 4) is 10.9 Å². The monoisotopic (exact) mass is 395 g/mol. The standard InChI is InChI=1S/C22H25N3O2S/c26-21(16-25-14-4-1-5-15-25)23-13-12-17-8-10-18(11-9-17)27-22-24-19-6-2-3-7-20(19)28-22/h2-3,6-11H,1,4-5,12-16H2,(H,23,26). The summed E-state index contributed by atoms with van der Waals surface area (Å²) in [5, 5.41) is 3.68. The van der Waals surface area contributed by atoms with Gasteiger partial charge in [-0.25, -0.2) is 4.98 Å². The fourth-order valence-electron chi connectivity index (χ4n) is 3.44. The average molecular weight is 396 g/mol. The molecule has 0 atom stereocenters. The van der Waals surface area contributed by atoms with Gasteiger partial charge in [-0.05, 0) is 62.2 Å². The summed E-state index contributed by atoms with van der Waals surface area (Å²) in [5.74, 6) is 0.898. The Morgan fingerprint density at radius 1 is 1.07 bits per heavy atom. The van der Waals surface area contributed by atoms with Gasteiger partial charge in [0.2, 0.25) is 5.91 Å². The largest absolute Gasteiger partial charge is 0.431 e. The van der Waals surface area contributed by atoms with Crippen LogP contribution in [-0.2, 0) is 11.2 Å². The van der Waals surface area contributed by atoms with Crippen LogP contribution in [0.15, 0.2) is 48.5 Å². The van der Waals surface area contributed by atoms with Crippen LogP contribution in [0.2, 0.25) is 0 Å². The van der Waals surface area contributed by atoms with Gasteiger partial charge >= 0.3 is 0 Å². The van der Waals surface area contributed by atoms with Crippen LogP contribution in [0.3, 0.4) is 0 Å². The maximum absolute atomic E-state index is 12.1. The predicted octanol–water partition coefficient (Wildman–Crippen LogP) is 4.23. The van der Waals surface area contributed by atoms with Crippen molar-refractivity contribution in [2.75, 3.05) is 26.2 Å². The van der Waals surface area contributed by atoms with E-state index < -0.39 is 0 Å². The van der Waals surface area contributed by atoms with Crippen molar-refractivity contribution < 1.29 is 9.53 Å². The number of thiazole rings is 1. The second-order valence-electron chi connectivity index (χ2n) is 7.13. The lowest BCUT2D eigenvalue weighted by Crippen LogP contribution is -2.40. The van der Waals surface area contributed by atoms with Gasteiger partial charge in [0.15, 0.2) is 0 Å². The van der Waals surface area contributed by atoms with E-state index in [1.165, 1.54) is 24.8 Å². The van der Waals surface area contributed by atoms with Crippen LogP contribution in [0.1, 0.15) is 24.8 Å². The van der Waals surface area contributed by atoms with Crippen molar-refractivity contribution in [2.45, 2.75) is 25.7 Å². The van der Waals surface area contributed by atoms with Gasteiger partial charge in [0.25, 0.3) is 5.19 Å². The third kappa shape index (κ3) is 5.09. The Morgan fingerprint density at radius 3 is 2.64 bits per heavy atom. The Balaban J connectivity index is 1.23. The van der Waals surface area contributed by atoms with E-state index in [2.05, 4.69) is 15.2 Å². The van der Waals surface area contributed by atoms with E-state index in [9.17, 15) is 4.79 Å². The van der Waals surface area contributed by atoms with Crippen LogP contribution in [-0.4, -0.2) is 42.0 Å². The molecule has 28 heavy (non-hydrogen) atoms. The van der Waals surface area contributed by atoms with Gasteiger partial charge in [-0.1, -0.05) is 42.0 Å². The molecular weight excluding hydrogens is 370 g/mol. The van der Waals surface area contributed by atoms with E-state index in [4.69, 9.17) is 4.74 Å². The minimum Gasteiger partial charge on any atom is -0.431 e. The van der Waals surface area contributed by atoms with E-state index in [0.29, 0.717) is 18.3 Å². The number of nitrogens with one attached hydrogen (secondary N) is 1. The summed E-state index contributed by atoms with van der Waals surface area (Å²) in [6.07, 6.45) is 4.52. The van der Waals surface area contributed by atoms with Gasteiger partial charge in [0, 0.05) is 6.54 Å². The van der Waals surface area contributed by atoms with Crippen molar-refractivity contribution in [3.63, 3.8) is 0 Å². The van der Waals surface area contributed by atoms with Crippen LogP contribution in [0.4, 0.5) is 0 Å². The fraction of sp³-hybridized carbons (Fsp3) is 0.364. The van der Waals surface area contributed by atoms with E-state index in [1.54, 1.807) is 11.3 Å². The summed E-state index contributed by atoms with van der Waals surface area (Å²) in [7, 11) is 0. The highest BCUT2D eigenvalue weighted by atomic mass is 32.1. The molecule has 0 spiro atoms. The van der Waals surface area contributed by atoms with Crippen LogP contribution >= 0.6 is 11.3 Å². The summed E-state index contributed by atoms with van der Waals surface area (Å²) in [5.41, 5.74) is 2.13. The van der Waals surface area contributed by atoms with Crippen molar-refractivity contribution in [1.29, 1.82) is 0 Å². The Morgan fingerprint density at radius 2 is 1.86 bits per heavy atom. The van der Waals surface area contributed by atoms with Crippen LogP contribution in [0.25, 0.3) is 10.2 Å². The molecule has 0 aliphatic carbocycles. The molecule has 4 rings (SSSR count). The molecule has 146 valence electrons. The van der Waals surface area contributed by atoms with Gasteiger partial charge < -0.3 is 10.1 Å². The number of para-hydroxylation sites is 1. The zero-order chi connectivity index (χ0) is 19.2. The highest BCUT2D eigenvalue weighted by Crippen LogP contribution is 2.31. The number of rotatable bonds is 7. The molecule has 0 saturated carbocycles. The molecule has 1 aliphatic rings. The Bertz CT molecular complexity index is 884. The lowest BCUT2D eigenvalue weighted by molar-refractivity contribution is -0.122. The molecule has 6 heteroatoms. The summed E-state index contributed by atoms with van der Waals surface area (Å²) >= 11 is 1.54. The molecule has 0 bridgehead atoms. The van der Waals surface area contributed by atoms with Gasteiger partial charge in [0.05, 0.1) is 16.8 Å². The molecule has 0 unspecified atom stereocenters. The molecule has 3 aromatic rings. The second kappa shape index (κ2) is 9.17. The average Bonchev–Trinajstić information content (AvgIpc) is 3.12. The normalized spacial score (nSPS) is 14.9. The number of ether oxygens (including phenoxy) is 1. The quantitative estimate of drug-likeness (QED) is 0.650. The number of hydrogen-bond acceptors (Lipinski definition) is 5. The minimum atomic E-state index is 0.123. The maximum atomic E-state index is 12.1. The summed E-state index contributed by atoms with van der Waals surface area (Å²) < 4.78 is 7.00. The number of fused-ring (bicyclic) bond motifs is 1. The number of likely N-dealkylation sites (tertiary alicyclic amines) is 1. The third-order valence-electron chi connectivity index (χ3n) is 4.95. The van der Waals surface area contributed by atoms with E-state index in [1.807, 2.05) is 48.5 Å². The smallest absolute Gasteiger partial charge is 0.279 e. The number of piperidine rings is 1. The first-order valence-corrected chi connectivity index (χ1v) is 10.7. The first-order valence-electron chi connectivity index (χ1n) is 9.88. The molecule has 2 aromatic carbocycles.